The van der Waals surface area contributed by atoms with E-state index in [1.165, 1.54) is 11.3 Å². The monoisotopic (exact) mass is 220 g/mol. The lowest BCUT2D eigenvalue weighted by atomic mass is 10.4. The van der Waals surface area contributed by atoms with Crippen LogP contribution < -0.4 is 5.73 Å². The van der Waals surface area contributed by atoms with Crippen LogP contribution in [0.4, 0.5) is 0 Å². The molecule has 54 valence electrons. The van der Waals surface area contributed by atoms with Crippen molar-refractivity contribution in [3.8, 4) is 0 Å². The van der Waals surface area contributed by atoms with Gasteiger partial charge in [-0.2, -0.15) is 0 Å². The van der Waals surface area contributed by atoms with E-state index < -0.39 is 5.91 Å². The molecule has 0 aromatic carbocycles. The van der Waals surface area contributed by atoms with Crippen LogP contribution in [0.2, 0.25) is 0 Å². The second kappa shape index (κ2) is 3.12. The van der Waals surface area contributed by atoms with Gasteiger partial charge < -0.3 is 5.73 Å². The van der Waals surface area contributed by atoms with Crippen molar-refractivity contribution in [3.05, 3.63) is 16.1 Å². The van der Waals surface area contributed by atoms with Gasteiger partial charge in [0.2, 0.25) is 0 Å². The topological polar surface area (TPSA) is 56.0 Å². The predicted molar refractivity (Wildman–Crippen MR) is 43.3 cm³/mol. The van der Waals surface area contributed by atoms with Crippen LogP contribution in [0.1, 0.15) is 15.4 Å². The fourth-order valence-electron chi connectivity index (χ4n) is 0.566. The second-order valence-electron chi connectivity index (χ2n) is 1.62. The Morgan fingerprint density at radius 3 is 3.00 bits per heavy atom. The predicted octanol–water partition coefficient (Wildman–Crippen LogP) is 1.14. The molecular formula is C5H5BrN2OS. The number of rotatable bonds is 2. The summed E-state index contributed by atoms with van der Waals surface area (Å²) >= 11 is 4.64. The lowest BCUT2D eigenvalue weighted by Gasteiger charge is -1.89. The standard InChI is InChI=1S/C5H5BrN2OS/c6-1-3-4(5(7)9)8-2-10-3/h2H,1H2,(H2,7,9). The number of alkyl halides is 1. The number of hydrogen-bond donors (Lipinski definition) is 1. The summed E-state index contributed by atoms with van der Waals surface area (Å²) in [6, 6.07) is 0. The molecule has 0 bridgehead atoms. The van der Waals surface area contributed by atoms with Gasteiger partial charge in [-0.25, -0.2) is 4.98 Å². The first-order chi connectivity index (χ1) is 4.75. The lowest BCUT2D eigenvalue weighted by Crippen LogP contribution is -2.12. The Morgan fingerprint density at radius 1 is 1.90 bits per heavy atom. The van der Waals surface area contributed by atoms with Crippen molar-refractivity contribution in [3.63, 3.8) is 0 Å². The van der Waals surface area contributed by atoms with E-state index in [0.717, 1.165) is 4.88 Å². The van der Waals surface area contributed by atoms with Crippen molar-refractivity contribution < 1.29 is 4.79 Å². The maximum atomic E-state index is 10.6. The molecule has 0 saturated heterocycles. The van der Waals surface area contributed by atoms with Crippen LogP contribution in [0.3, 0.4) is 0 Å². The Kier molecular flexibility index (Phi) is 2.39. The number of carbonyl (C=O) groups excluding carboxylic acids is 1. The number of primary amides is 1. The number of nitrogens with two attached hydrogens (primary N) is 1. The summed E-state index contributed by atoms with van der Waals surface area (Å²) in [6.07, 6.45) is 0. The van der Waals surface area contributed by atoms with Gasteiger partial charge in [0, 0.05) is 10.2 Å². The van der Waals surface area contributed by atoms with Crippen LogP contribution in [0.5, 0.6) is 0 Å². The van der Waals surface area contributed by atoms with Gasteiger partial charge in [0.25, 0.3) is 5.91 Å². The number of carbonyl (C=O) groups is 1. The largest absolute Gasteiger partial charge is 0.364 e. The van der Waals surface area contributed by atoms with E-state index in [1.807, 2.05) is 0 Å². The maximum absolute atomic E-state index is 10.6. The third kappa shape index (κ3) is 1.35. The summed E-state index contributed by atoms with van der Waals surface area (Å²) in [5, 5.41) is 0.635. The molecule has 0 unspecified atom stereocenters. The fourth-order valence-corrected chi connectivity index (χ4v) is 1.84. The first-order valence-corrected chi connectivity index (χ1v) is 4.54. The molecule has 0 saturated carbocycles. The molecule has 2 N–H and O–H groups in total. The number of amides is 1. The van der Waals surface area contributed by atoms with Crippen LogP contribution in [0, 0.1) is 0 Å². The van der Waals surface area contributed by atoms with Crippen molar-refractivity contribution in [1.29, 1.82) is 0 Å². The van der Waals surface area contributed by atoms with E-state index in [1.54, 1.807) is 5.51 Å². The summed E-state index contributed by atoms with van der Waals surface area (Å²) < 4.78 is 0. The Hall–Kier alpha value is -0.420. The third-order valence-corrected chi connectivity index (χ3v) is 2.76. The van der Waals surface area contributed by atoms with Gasteiger partial charge in [0.1, 0.15) is 5.69 Å². The van der Waals surface area contributed by atoms with Crippen LogP contribution in [-0.2, 0) is 5.33 Å². The molecule has 0 spiro atoms. The molecule has 1 rings (SSSR count). The number of nitrogens with zero attached hydrogens (tertiary/aromatic N) is 1. The van der Waals surface area contributed by atoms with Crippen LogP contribution >= 0.6 is 27.3 Å². The Balaban J connectivity index is 3.01. The molecule has 1 amide bonds. The summed E-state index contributed by atoms with van der Waals surface area (Å²) in [5.41, 5.74) is 7.00. The first kappa shape index (κ1) is 7.68. The number of hydrogen-bond acceptors (Lipinski definition) is 3. The molecule has 0 aliphatic rings. The van der Waals surface area contributed by atoms with Gasteiger partial charge in [0.15, 0.2) is 0 Å². The average molecular weight is 221 g/mol. The summed E-state index contributed by atoms with van der Waals surface area (Å²) in [5.74, 6) is -0.462. The quantitative estimate of drug-likeness (QED) is 0.761. The highest BCUT2D eigenvalue weighted by Crippen LogP contribution is 2.15. The Morgan fingerprint density at radius 2 is 2.60 bits per heavy atom. The lowest BCUT2D eigenvalue weighted by molar-refractivity contribution is 0.0995. The third-order valence-electron chi connectivity index (χ3n) is 0.996. The molecule has 0 aliphatic heterocycles. The van der Waals surface area contributed by atoms with Gasteiger partial charge in [-0.05, 0) is 0 Å². The van der Waals surface area contributed by atoms with Crippen molar-refractivity contribution >= 4 is 33.2 Å². The Labute approximate surface area is 70.4 Å². The number of aromatic nitrogens is 1. The number of halogens is 1. The smallest absolute Gasteiger partial charge is 0.268 e. The molecule has 1 aromatic rings. The molecule has 0 radical (unpaired) electrons. The fraction of sp³-hybridized carbons (Fsp3) is 0.200. The van der Waals surface area contributed by atoms with Crippen molar-refractivity contribution in [2.24, 2.45) is 5.73 Å². The zero-order valence-electron chi connectivity index (χ0n) is 5.00. The molecule has 0 fully saturated rings. The van der Waals surface area contributed by atoms with E-state index in [4.69, 9.17) is 5.73 Å². The van der Waals surface area contributed by atoms with E-state index in [-0.39, 0.29) is 0 Å². The van der Waals surface area contributed by atoms with E-state index in [9.17, 15) is 4.79 Å². The molecule has 3 nitrogen and oxygen atoms in total. The van der Waals surface area contributed by atoms with Gasteiger partial charge >= 0.3 is 0 Å². The van der Waals surface area contributed by atoms with E-state index in [2.05, 4.69) is 20.9 Å². The highest BCUT2D eigenvalue weighted by atomic mass is 79.9. The summed E-state index contributed by atoms with van der Waals surface area (Å²) in [6.45, 7) is 0. The minimum atomic E-state index is -0.462. The van der Waals surface area contributed by atoms with Crippen LogP contribution in [-0.4, -0.2) is 10.9 Å². The molecule has 0 aliphatic carbocycles. The highest BCUT2D eigenvalue weighted by molar-refractivity contribution is 9.08. The van der Waals surface area contributed by atoms with Gasteiger partial charge in [-0.1, -0.05) is 15.9 Å². The first-order valence-electron chi connectivity index (χ1n) is 2.54. The van der Waals surface area contributed by atoms with Crippen molar-refractivity contribution in [1.82, 2.24) is 4.98 Å². The van der Waals surface area contributed by atoms with Crippen LogP contribution in [0.15, 0.2) is 5.51 Å². The van der Waals surface area contributed by atoms with Gasteiger partial charge in [-0.15, -0.1) is 11.3 Å². The molecule has 1 aromatic heterocycles. The summed E-state index contributed by atoms with van der Waals surface area (Å²) in [7, 11) is 0. The second-order valence-corrected chi connectivity index (χ2v) is 3.12. The molecule has 5 heteroatoms. The molecule has 0 atom stereocenters. The average Bonchev–Trinajstić information content (AvgIpc) is 2.33. The van der Waals surface area contributed by atoms with Crippen molar-refractivity contribution in [2.45, 2.75) is 5.33 Å². The summed E-state index contributed by atoms with van der Waals surface area (Å²) in [4.78, 5) is 15.3. The number of thiazole rings is 1. The van der Waals surface area contributed by atoms with E-state index in [0.29, 0.717) is 11.0 Å². The van der Waals surface area contributed by atoms with E-state index >= 15 is 0 Å². The highest BCUT2D eigenvalue weighted by Gasteiger charge is 2.08. The normalized spacial score (nSPS) is 9.70. The zero-order valence-corrected chi connectivity index (χ0v) is 7.41. The Bertz CT molecular complexity index is 248. The maximum Gasteiger partial charge on any atom is 0.268 e. The molecule has 10 heavy (non-hydrogen) atoms. The molecular weight excluding hydrogens is 216 g/mol. The van der Waals surface area contributed by atoms with Crippen molar-refractivity contribution in [2.75, 3.05) is 0 Å². The molecule has 1 heterocycles. The van der Waals surface area contributed by atoms with Gasteiger partial charge in [-0.3, -0.25) is 4.79 Å². The van der Waals surface area contributed by atoms with Gasteiger partial charge in [0.05, 0.1) is 5.51 Å². The zero-order chi connectivity index (χ0) is 7.56. The SMILES string of the molecule is NC(=O)c1ncsc1CBr. The van der Waals surface area contributed by atoms with Crippen LogP contribution in [0.25, 0.3) is 0 Å². The minimum absolute atomic E-state index is 0.377. The minimum Gasteiger partial charge on any atom is -0.364 e.